The van der Waals surface area contributed by atoms with E-state index < -0.39 is 6.04 Å². The maximum atomic E-state index is 12.3. The van der Waals surface area contributed by atoms with Crippen LogP contribution in [-0.2, 0) is 14.4 Å². The number of carbonyl (C=O) groups is 3. The first-order chi connectivity index (χ1) is 11.4. The summed E-state index contributed by atoms with van der Waals surface area (Å²) in [5.74, 6) is 0.0861. The Labute approximate surface area is 141 Å². The lowest BCUT2D eigenvalue weighted by atomic mass is 10.1. The summed E-state index contributed by atoms with van der Waals surface area (Å²) in [5.41, 5.74) is 1.49. The van der Waals surface area contributed by atoms with Crippen LogP contribution in [0.5, 0.6) is 0 Å². The number of hydrogen-bond donors (Lipinski definition) is 2. The third-order valence-electron chi connectivity index (χ3n) is 4.20. The lowest BCUT2D eigenvalue weighted by molar-refractivity contribution is -0.139. The van der Waals surface area contributed by atoms with Crippen LogP contribution in [0.25, 0.3) is 0 Å². The molecule has 2 aliphatic rings. The molecule has 6 heteroatoms. The average molecular weight is 329 g/mol. The monoisotopic (exact) mass is 329 g/mol. The summed E-state index contributed by atoms with van der Waals surface area (Å²) in [4.78, 5) is 37.4. The zero-order chi connectivity index (χ0) is 17.3. The molecule has 1 heterocycles. The van der Waals surface area contributed by atoms with Gasteiger partial charge in [0, 0.05) is 23.8 Å². The molecule has 3 rings (SSSR count). The summed E-state index contributed by atoms with van der Waals surface area (Å²) in [6.07, 6.45) is 2.54. The Balaban J connectivity index is 1.57. The molecule has 1 saturated carbocycles. The lowest BCUT2D eigenvalue weighted by Gasteiger charge is -2.15. The summed E-state index contributed by atoms with van der Waals surface area (Å²) < 4.78 is 0. The van der Waals surface area contributed by atoms with Crippen molar-refractivity contribution < 1.29 is 14.4 Å². The molecule has 1 aliphatic carbocycles. The predicted octanol–water partition coefficient (Wildman–Crippen LogP) is 2.37. The van der Waals surface area contributed by atoms with Crippen molar-refractivity contribution in [1.82, 2.24) is 4.90 Å². The quantitative estimate of drug-likeness (QED) is 0.786. The normalized spacial score (nSPS) is 20.6. The lowest BCUT2D eigenvalue weighted by Crippen LogP contribution is -2.36. The van der Waals surface area contributed by atoms with Gasteiger partial charge in [-0.15, -0.1) is 0 Å². The molecule has 128 valence electrons. The van der Waals surface area contributed by atoms with Gasteiger partial charge in [-0.05, 0) is 43.0 Å². The fourth-order valence-corrected chi connectivity index (χ4v) is 2.91. The van der Waals surface area contributed by atoms with Crippen molar-refractivity contribution >= 4 is 29.1 Å². The van der Waals surface area contributed by atoms with Gasteiger partial charge in [-0.25, -0.2) is 0 Å². The minimum atomic E-state index is -0.487. The van der Waals surface area contributed by atoms with Crippen molar-refractivity contribution in [3.8, 4) is 0 Å². The van der Waals surface area contributed by atoms with Crippen LogP contribution in [0.2, 0.25) is 0 Å². The first kappa shape index (κ1) is 16.5. The number of anilines is 2. The number of hydrogen-bond acceptors (Lipinski definition) is 4. The number of benzene rings is 1. The van der Waals surface area contributed by atoms with Crippen LogP contribution in [0.3, 0.4) is 0 Å². The van der Waals surface area contributed by atoms with Gasteiger partial charge in [0.05, 0.1) is 6.42 Å². The highest BCUT2D eigenvalue weighted by Gasteiger charge is 2.46. The first-order valence-corrected chi connectivity index (χ1v) is 8.46. The first-order valence-electron chi connectivity index (χ1n) is 8.46. The molecule has 2 fully saturated rings. The summed E-state index contributed by atoms with van der Waals surface area (Å²) in [6, 6.07) is 6.83. The van der Waals surface area contributed by atoms with E-state index in [4.69, 9.17) is 0 Å². The molecular weight excluding hydrogens is 306 g/mol. The van der Waals surface area contributed by atoms with Crippen molar-refractivity contribution in [3.63, 3.8) is 0 Å². The average Bonchev–Trinajstić information content (AvgIpc) is 3.28. The van der Waals surface area contributed by atoms with Crippen LogP contribution in [0.15, 0.2) is 24.3 Å². The van der Waals surface area contributed by atoms with Crippen LogP contribution in [-0.4, -0.2) is 34.7 Å². The standard InChI is InChI=1S/C18H23N3O3/c1-11(2)9-16(22)20-13-5-3-12(4-6-13)19-15-10-17(23)21(18(15)24)14-7-8-14/h3-6,11,14-15,19H,7-10H2,1-2H3,(H,20,22). The van der Waals surface area contributed by atoms with Gasteiger partial charge in [0.15, 0.2) is 0 Å². The fourth-order valence-electron chi connectivity index (χ4n) is 2.91. The molecule has 0 spiro atoms. The fraction of sp³-hybridized carbons (Fsp3) is 0.500. The number of imide groups is 1. The third kappa shape index (κ3) is 3.75. The Hall–Kier alpha value is -2.37. The van der Waals surface area contributed by atoms with Gasteiger partial charge in [0.1, 0.15) is 6.04 Å². The molecule has 0 radical (unpaired) electrons. The van der Waals surface area contributed by atoms with Crippen LogP contribution < -0.4 is 10.6 Å². The number of rotatable bonds is 6. The molecule has 0 aromatic heterocycles. The molecule has 1 aromatic carbocycles. The minimum Gasteiger partial charge on any atom is -0.373 e. The zero-order valence-corrected chi connectivity index (χ0v) is 14.0. The second-order valence-corrected chi connectivity index (χ2v) is 6.96. The topological polar surface area (TPSA) is 78.5 Å². The second kappa shape index (κ2) is 6.63. The number of carbonyl (C=O) groups excluding carboxylic acids is 3. The molecule has 3 amide bonds. The van der Waals surface area contributed by atoms with Crippen molar-refractivity contribution in [2.45, 2.75) is 51.6 Å². The number of nitrogens with zero attached hydrogens (tertiary/aromatic N) is 1. The van der Waals surface area contributed by atoms with Crippen molar-refractivity contribution in [2.24, 2.45) is 5.92 Å². The Morgan fingerprint density at radius 2 is 1.79 bits per heavy atom. The molecule has 1 unspecified atom stereocenters. The van der Waals surface area contributed by atoms with Crippen LogP contribution >= 0.6 is 0 Å². The largest absolute Gasteiger partial charge is 0.373 e. The van der Waals surface area contributed by atoms with E-state index in [0.29, 0.717) is 12.3 Å². The Morgan fingerprint density at radius 1 is 1.17 bits per heavy atom. The summed E-state index contributed by atoms with van der Waals surface area (Å²) in [5, 5.41) is 5.97. The highest BCUT2D eigenvalue weighted by molar-refractivity contribution is 6.07. The van der Waals surface area contributed by atoms with Crippen molar-refractivity contribution in [1.29, 1.82) is 0 Å². The molecule has 2 N–H and O–H groups in total. The third-order valence-corrected chi connectivity index (χ3v) is 4.20. The molecule has 6 nitrogen and oxygen atoms in total. The summed E-state index contributed by atoms with van der Waals surface area (Å²) >= 11 is 0. The second-order valence-electron chi connectivity index (χ2n) is 6.96. The summed E-state index contributed by atoms with van der Waals surface area (Å²) in [6.45, 7) is 3.99. The Bertz CT molecular complexity index is 650. The number of nitrogens with one attached hydrogen (secondary N) is 2. The molecule has 0 bridgehead atoms. The van der Waals surface area contributed by atoms with Crippen LogP contribution in [0, 0.1) is 5.92 Å². The van der Waals surface area contributed by atoms with Gasteiger partial charge in [0.2, 0.25) is 11.8 Å². The van der Waals surface area contributed by atoms with Crippen molar-refractivity contribution in [2.75, 3.05) is 10.6 Å². The van der Waals surface area contributed by atoms with Gasteiger partial charge in [-0.3, -0.25) is 19.3 Å². The van der Waals surface area contributed by atoms with E-state index in [-0.39, 0.29) is 30.2 Å². The van der Waals surface area contributed by atoms with E-state index in [1.54, 1.807) is 12.1 Å². The van der Waals surface area contributed by atoms with Gasteiger partial charge in [0.25, 0.3) is 5.91 Å². The van der Waals surface area contributed by atoms with Gasteiger partial charge < -0.3 is 10.6 Å². The molecule has 24 heavy (non-hydrogen) atoms. The highest BCUT2D eigenvalue weighted by atomic mass is 16.2. The SMILES string of the molecule is CC(C)CC(=O)Nc1ccc(NC2CC(=O)N(C3CC3)C2=O)cc1. The van der Waals surface area contributed by atoms with Crippen LogP contribution in [0.4, 0.5) is 11.4 Å². The summed E-state index contributed by atoms with van der Waals surface area (Å²) in [7, 11) is 0. The van der Waals surface area contributed by atoms with E-state index in [1.807, 2.05) is 26.0 Å². The van der Waals surface area contributed by atoms with Gasteiger partial charge in [-0.1, -0.05) is 13.8 Å². The molecule has 1 aromatic rings. The van der Waals surface area contributed by atoms with Crippen LogP contribution in [0.1, 0.15) is 39.5 Å². The van der Waals surface area contributed by atoms with E-state index in [9.17, 15) is 14.4 Å². The Kier molecular flexibility index (Phi) is 4.55. The maximum absolute atomic E-state index is 12.3. The van der Waals surface area contributed by atoms with E-state index in [2.05, 4.69) is 10.6 Å². The molecule has 1 atom stereocenters. The number of likely N-dealkylation sites (tertiary alicyclic amines) is 1. The Morgan fingerprint density at radius 3 is 2.38 bits per heavy atom. The highest BCUT2D eigenvalue weighted by Crippen LogP contribution is 2.32. The van der Waals surface area contributed by atoms with E-state index >= 15 is 0 Å². The smallest absolute Gasteiger partial charge is 0.252 e. The predicted molar refractivity (Wildman–Crippen MR) is 91.4 cm³/mol. The van der Waals surface area contributed by atoms with Gasteiger partial charge >= 0.3 is 0 Å². The van der Waals surface area contributed by atoms with E-state index in [0.717, 1.165) is 24.2 Å². The molecule has 1 saturated heterocycles. The minimum absolute atomic E-state index is 0.0117. The zero-order valence-electron chi connectivity index (χ0n) is 14.0. The maximum Gasteiger partial charge on any atom is 0.252 e. The molecular formula is C18H23N3O3. The molecule has 1 aliphatic heterocycles. The van der Waals surface area contributed by atoms with E-state index in [1.165, 1.54) is 4.90 Å². The van der Waals surface area contributed by atoms with Gasteiger partial charge in [-0.2, -0.15) is 0 Å². The number of amides is 3. The van der Waals surface area contributed by atoms with Crippen molar-refractivity contribution in [3.05, 3.63) is 24.3 Å².